The summed E-state index contributed by atoms with van der Waals surface area (Å²) in [6.07, 6.45) is 1.05. The lowest BCUT2D eigenvalue weighted by molar-refractivity contribution is 0.0934. The molecule has 1 heterocycles. The Morgan fingerprint density at radius 3 is 2.76 bits per heavy atom. The third-order valence-electron chi connectivity index (χ3n) is 4.26. The maximum Gasteiger partial charge on any atom is 0.251 e. The Hall–Kier alpha value is -1.39. The van der Waals surface area contributed by atoms with Gasteiger partial charge in [0.2, 0.25) is 0 Å². The lowest BCUT2D eigenvalue weighted by Gasteiger charge is -2.28. The molecular formula is C17H27N3O. The molecule has 2 N–H and O–H groups in total. The highest BCUT2D eigenvalue weighted by Crippen LogP contribution is 2.16. The first-order valence-corrected chi connectivity index (χ1v) is 7.76. The summed E-state index contributed by atoms with van der Waals surface area (Å²) in [4.78, 5) is 14.5. The van der Waals surface area contributed by atoms with E-state index in [-0.39, 0.29) is 5.91 Å². The molecule has 0 fully saturated rings. The van der Waals surface area contributed by atoms with Gasteiger partial charge in [-0.3, -0.25) is 4.79 Å². The van der Waals surface area contributed by atoms with Crippen LogP contribution in [-0.2, 0) is 13.0 Å². The monoisotopic (exact) mass is 289 g/mol. The number of nitrogens with zero attached hydrogens (tertiary/aromatic N) is 1. The molecule has 0 aliphatic carbocycles. The molecule has 1 aromatic rings. The maximum absolute atomic E-state index is 12.3. The topological polar surface area (TPSA) is 44.4 Å². The van der Waals surface area contributed by atoms with E-state index >= 15 is 0 Å². The molecule has 1 aliphatic rings. The molecule has 0 bridgehead atoms. The molecule has 0 spiro atoms. The summed E-state index contributed by atoms with van der Waals surface area (Å²) in [5, 5.41) is 6.42. The summed E-state index contributed by atoms with van der Waals surface area (Å²) in [5.74, 6) is 0.531. The largest absolute Gasteiger partial charge is 0.350 e. The van der Waals surface area contributed by atoms with Crippen molar-refractivity contribution in [1.29, 1.82) is 0 Å². The number of amides is 1. The summed E-state index contributed by atoms with van der Waals surface area (Å²) >= 11 is 0. The molecule has 4 nitrogen and oxygen atoms in total. The SMILES string of the molecule is CC(C)C(CNC(=O)c1ccc2c(c1)CNCC2)N(C)C. The fraction of sp³-hybridized carbons (Fsp3) is 0.588. The number of nitrogens with one attached hydrogen (secondary N) is 2. The van der Waals surface area contributed by atoms with E-state index in [1.54, 1.807) is 0 Å². The second kappa shape index (κ2) is 7.05. The van der Waals surface area contributed by atoms with Gasteiger partial charge < -0.3 is 15.5 Å². The van der Waals surface area contributed by atoms with E-state index in [0.29, 0.717) is 18.5 Å². The first-order chi connectivity index (χ1) is 9.99. The zero-order valence-electron chi connectivity index (χ0n) is 13.6. The van der Waals surface area contributed by atoms with Crippen LogP contribution in [0.5, 0.6) is 0 Å². The first kappa shape index (κ1) is 16.0. The highest BCUT2D eigenvalue weighted by atomic mass is 16.1. The lowest BCUT2D eigenvalue weighted by Crippen LogP contribution is -2.43. The lowest BCUT2D eigenvalue weighted by atomic mass is 9.98. The van der Waals surface area contributed by atoms with Crippen molar-refractivity contribution in [2.24, 2.45) is 5.92 Å². The Labute approximate surface area is 127 Å². The van der Waals surface area contributed by atoms with E-state index in [0.717, 1.165) is 25.1 Å². The van der Waals surface area contributed by atoms with E-state index in [1.807, 2.05) is 12.1 Å². The van der Waals surface area contributed by atoms with Crippen LogP contribution in [0.1, 0.15) is 35.3 Å². The smallest absolute Gasteiger partial charge is 0.251 e. The Kier molecular flexibility index (Phi) is 5.37. The van der Waals surface area contributed by atoms with E-state index in [4.69, 9.17) is 0 Å². The quantitative estimate of drug-likeness (QED) is 0.866. The van der Waals surface area contributed by atoms with Gasteiger partial charge in [0, 0.05) is 24.7 Å². The van der Waals surface area contributed by atoms with Crippen LogP contribution in [0.15, 0.2) is 18.2 Å². The van der Waals surface area contributed by atoms with Gasteiger partial charge in [-0.05, 0) is 56.2 Å². The predicted molar refractivity (Wildman–Crippen MR) is 86.5 cm³/mol. The van der Waals surface area contributed by atoms with Crippen LogP contribution in [-0.4, -0.2) is 44.0 Å². The third kappa shape index (κ3) is 4.05. The highest BCUT2D eigenvalue weighted by Gasteiger charge is 2.18. The number of fused-ring (bicyclic) bond motifs is 1. The molecule has 0 saturated carbocycles. The second-order valence-corrected chi connectivity index (χ2v) is 6.40. The van der Waals surface area contributed by atoms with Crippen LogP contribution >= 0.6 is 0 Å². The van der Waals surface area contributed by atoms with Gasteiger partial charge in [-0.25, -0.2) is 0 Å². The Balaban J connectivity index is 2.00. The van der Waals surface area contributed by atoms with Crippen molar-refractivity contribution in [1.82, 2.24) is 15.5 Å². The number of hydrogen-bond donors (Lipinski definition) is 2. The van der Waals surface area contributed by atoms with Crippen LogP contribution in [0.3, 0.4) is 0 Å². The summed E-state index contributed by atoms with van der Waals surface area (Å²) < 4.78 is 0. The molecule has 1 aromatic carbocycles. The summed E-state index contributed by atoms with van der Waals surface area (Å²) in [5.41, 5.74) is 3.37. The number of likely N-dealkylation sites (N-methyl/N-ethyl adjacent to an activating group) is 1. The molecule has 116 valence electrons. The zero-order chi connectivity index (χ0) is 15.4. The van der Waals surface area contributed by atoms with Crippen molar-refractivity contribution in [3.05, 3.63) is 34.9 Å². The van der Waals surface area contributed by atoms with Gasteiger partial charge in [0.25, 0.3) is 5.91 Å². The van der Waals surface area contributed by atoms with Gasteiger partial charge in [0.15, 0.2) is 0 Å². The normalized spacial score (nSPS) is 15.9. The van der Waals surface area contributed by atoms with Gasteiger partial charge in [-0.1, -0.05) is 19.9 Å². The molecule has 0 aromatic heterocycles. The second-order valence-electron chi connectivity index (χ2n) is 6.40. The van der Waals surface area contributed by atoms with Crippen molar-refractivity contribution in [2.45, 2.75) is 32.9 Å². The average Bonchev–Trinajstić information content (AvgIpc) is 2.46. The van der Waals surface area contributed by atoms with Crippen LogP contribution in [0.4, 0.5) is 0 Å². The van der Waals surface area contributed by atoms with Gasteiger partial charge in [-0.15, -0.1) is 0 Å². The fourth-order valence-electron chi connectivity index (χ4n) is 2.94. The molecular weight excluding hydrogens is 262 g/mol. The van der Waals surface area contributed by atoms with Crippen LogP contribution in [0, 0.1) is 5.92 Å². The average molecular weight is 289 g/mol. The minimum atomic E-state index is 0.0240. The third-order valence-corrected chi connectivity index (χ3v) is 4.26. The molecule has 1 unspecified atom stereocenters. The van der Waals surface area contributed by atoms with Crippen molar-refractivity contribution in [3.8, 4) is 0 Å². The summed E-state index contributed by atoms with van der Waals surface area (Å²) in [6.45, 7) is 6.93. The standard InChI is InChI=1S/C17H27N3O/c1-12(2)16(20(3)4)11-19-17(21)14-6-5-13-7-8-18-10-15(13)9-14/h5-6,9,12,16,18H,7-8,10-11H2,1-4H3,(H,19,21). The summed E-state index contributed by atoms with van der Waals surface area (Å²) in [7, 11) is 4.11. The molecule has 4 heteroatoms. The Bertz CT molecular complexity index is 489. The number of benzene rings is 1. The van der Waals surface area contributed by atoms with E-state index in [2.05, 4.69) is 49.5 Å². The van der Waals surface area contributed by atoms with Gasteiger partial charge in [-0.2, -0.15) is 0 Å². The van der Waals surface area contributed by atoms with Crippen molar-refractivity contribution < 1.29 is 4.79 Å². The molecule has 21 heavy (non-hydrogen) atoms. The number of carbonyl (C=O) groups excluding carboxylic acids is 1. The van der Waals surface area contributed by atoms with Gasteiger partial charge in [0.1, 0.15) is 0 Å². The summed E-state index contributed by atoms with van der Waals surface area (Å²) in [6, 6.07) is 6.42. The zero-order valence-corrected chi connectivity index (χ0v) is 13.6. The van der Waals surface area contributed by atoms with Crippen molar-refractivity contribution in [2.75, 3.05) is 27.2 Å². The van der Waals surface area contributed by atoms with Crippen LogP contribution in [0.25, 0.3) is 0 Å². The number of rotatable bonds is 5. The van der Waals surface area contributed by atoms with Crippen molar-refractivity contribution >= 4 is 5.91 Å². The predicted octanol–water partition coefficient (Wildman–Crippen LogP) is 1.65. The molecule has 1 atom stereocenters. The first-order valence-electron chi connectivity index (χ1n) is 7.76. The molecule has 1 amide bonds. The minimum Gasteiger partial charge on any atom is -0.350 e. The van der Waals surface area contributed by atoms with Gasteiger partial charge in [0.05, 0.1) is 0 Å². The Morgan fingerprint density at radius 2 is 2.10 bits per heavy atom. The van der Waals surface area contributed by atoms with E-state index < -0.39 is 0 Å². The minimum absolute atomic E-state index is 0.0240. The molecule has 0 saturated heterocycles. The van der Waals surface area contributed by atoms with Crippen LogP contribution in [0.2, 0.25) is 0 Å². The fourth-order valence-corrected chi connectivity index (χ4v) is 2.94. The van der Waals surface area contributed by atoms with E-state index in [9.17, 15) is 4.79 Å². The number of hydrogen-bond acceptors (Lipinski definition) is 3. The van der Waals surface area contributed by atoms with Crippen LogP contribution < -0.4 is 10.6 Å². The highest BCUT2D eigenvalue weighted by molar-refractivity contribution is 5.94. The Morgan fingerprint density at radius 1 is 1.33 bits per heavy atom. The number of carbonyl (C=O) groups is 1. The molecule has 0 radical (unpaired) electrons. The molecule has 1 aliphatic heterocycles. The molecule has 2 rings (SSSR count). The van der Waals surface area contributed by atoms with Gasteiger partial charge >= 0.3 is 0 Å². The maximum atomic E-state index is 12.3. The van der Waals surface area contributed by atoms with E-state index in [1.165, 1.54) is 11.1 Å². The van der Waals surface area contributed by atoms with Crippen molar-refractivity contribution in [3.63, 3.8) is 0 Å².